The Balaban J connectivity index is 1.92. The summed E-state index contributed by atoms with van der Waals surface area (Å²) < 4.78 is 21.4. The van der Waals surface area contributed by atoms with Gasteiger partial charge >= 0.3 is 0 Å². The Morgan fingerprint density at radius 1 is 1.00 bits per heavy atom. The van der Waals surface area contributed by atoms with Gasteiger partial charge in [0.25, 0.3) is 5.91 Å². The molecule has 0 radical (unpaired) electrons. The van der Waals surface area contributed by atoms with E-state index in [-0.39, 0.29) is 6.61 Å². The molecule has 0 atom stereocenters. The average Bonchev–Trinajstić information content (AvgIpc) is 2.67. The van der Waals surface area contributed by atoms with Crippen LogP contribution in [-0.2, 0) is 4.79 Å². The Morgan fingerprint density at radius 2 is 1.69 bits per heavy atom. The fourth-order valence-electron chi connectivity index (χ4n) is 2.21. The van der Waals surface area contributed by atoms with Gasteiger partial charge in [0.15, 0.2) is 29.6 Å². The van der Waals surface area contributed by atoms with Crippen molar-refractivity contribution in [1.29, 1.82) is 0 Å². The molecule has 1 N–H and O–H groups in total. The molecule has 0 aliphatic carbocycles. The lowest BCUT2D eigenvalue weighted by Crippen LogP contribution is -2.24. The molecule has 0 aliphatic heterocycles. The Labute approximate surface area is 152 Å². The molecular weight excluding hydrogens is 336 g/mol. The van der Waals surface area contributed by atoms with Crippen LogP contribution >= 0.6 is 0 Å². The molecule has 2 rings (SSSR count). The number of nitrogens with zero attached hydrogens (tertiary/aromatic N) is 1. The van der Waals surface area contributed by atoms with Crippen LogP contribution in [0.4, 0.5) is 0 Å². The van der Waals surface area contributed by atoms with Crippen molar-refractivity contribution in [2.45, 2.75) is 6.92 Å². The van der Waals surface area contributed by atoms with Crippen LogP contribution in [0.15, 0.2) is 47.6 Å². The van der Waals surface area contributed by atoms with Gasteiger partial charge < -0.3 is 18.9 Å². The topological polar surface area (TPSA) is 78.4 Å². The van der Waals surface area contributed by atoms with Gasteiger partial charge in [0.1, 0.15) is 0 Å². The van der Waals surface area contributed by atoms with Crippen LogP contribution in [0.1, 0.15) is 12.5 Å². The van der Waals surface area contributed by atoms with Gasteiger partial charge in [-0.2, -0.15) is 5.10 Å². The number of hydrazone groups is 1. The molecule has 0 unspecified atom stereocenters. The Morgan fingerprint density at radius 3 is 2.35 bits per heavy atom. The molecule has 0 heterocycles. The number of amides is 1. The van der Waals surface area contributed by atoms with Gasteiger partial charge in [-0.3, -0.25) is 4.79 Å². The predicted molar refractivity (Wildman–Crippen MR) is 98.4 cm³/mol. The van der Waals surface area contributed by atoms with Crippen molar-refractivity contribution < 1.29 is 23.7 Å². The lowest BCUT2D eigenvalue weighted by atomic mass is 10.2. The SMILES string of the molecule is CCOc1ccccc1OCC(=O)NN=Cc1cccc(OC)c1OC. The number of hydrogen-bond donors (Lipinski definition) is 1. The summed E-state index contributed by atoms with van der Waals surface area (Å²) >= 11 is 0. The third-order valence-corrected chi connectivity index (χ3v) is 3.33. The van der Waals surface area contributed by atoms with E-state index in [4.69, 9.17) is 18.9 Å². The normalized spacial score (nSPS) is 10.4. The smallest absolute Gasteiger partial charge is 0.277 e. The summed E-state index contributed by atoms with van der Waals surface area (Å²) in [6, 6.07) is 12.5. The number of ether oxygens (including phenoxy) is 4. The van der Waals surface area contributed by atoms with E-state index in [0.717, 1.165) is 0 Å². The number of nitrogens with one attached hydrogen (secondary N) is 1. The molecular formula is C19H22N2O5. The van der Waals surface area contributed by atoms with Gasteiger partial charge in [-0.15, -0.1) is 0 Å². The monoisotopic (exact) mass is 358 g/mol. The minimum Gasteiger partial charge on any atom is -0.493 e. The summed E-state index contributed by atoms with van der Waals surface area (Å²) in [6.45, 7) is 2.21. The molecule has 0 saturated carbocycles. The number of para-hydroxylation sites is 3. The molecule has 0 spiro atoms. The van der Waals surface area contributed by atoms with Crippen LogP contribution in [0.2, 0.25) is 0 Å². The van der Waals surface area contributed by atoms with E-state index in [1.807, 2.05) is 19.1 Å². The fraction of sp³-hybridized carbons (Fsp3) is 0.263. The average molecular weight is 358 g/mol. The number of methoxy groups -OCH3 is 2. The van der Waals surface area contributed by atoms with Crippen LogP contribution in [0.3, 0.4) is 0 Å². The second kappa shape index (κ2) is 9.93. The van der Waals surface area contributed by atoms with E-state index in [1.54, 1.807) is 37.4 Å². The molecule has 0 fully saturated rings. The minimum absolute atomic E-state index is 0.184. The van der Waals surface area contributed by atoms with E-state index in [2.05, 4.69) is 10.5 Å². The molecule has 7 nitrogen and oxygen atoms in total. The summed E-state index contributed by atoms with van der Waals surface area (Å²) in [5, 5.41) is 3.93. The van der Waals surface area contributed by atoms with Crippen LogP contribution in [-0.4, -0.2) is 39.6 Å². The van der Waals surface area contributed by atoms with Gasteiger partial charge in [0, 0.05) is 5.56 Å². The number of carbonyl (C=O) groups is 1. The molecule has 138 valence electrons. The summed E-state index contributed by atoms with van der Waals surface area (Å²) in [4.78, 5) is 11.9. The predicted octanol–water partition coefficient (Wildman–Crippen LogP) is 2.63. The molecule has 0 saturated heterocycles. The second-order valence-corrected chi connectivity index (χ2v) is 5.04. The summed E-state index contributed by atoms with van der Waals surface area (Å²) in [5.74, 6) is 1.82. The number of rotatable bonds is 9. The zero-order valence-electron chi connectivity index (χ0n) is 15.0. The van der Waals surface area contributed by atoms with Crippen LogP contribution in [0.5, 0.6) is 23.0 Å². The van der Waals surface area contributed by atoms with E-state index in [1.165, 1.54) is 13.3 Å². The van der Waals surface area contributed by atoms with Crippen LogP contribution in [0, 0.1) is 0 Å². The van der Waals surface area contributed by atoms with Crippen molar-refractivity contribution in [3.63, 3.8) is 0 Å². The van der Waals surface area contributed by atoms with Crippen molar-refractivity contribution in [1.82, 2.24) is 5.43 Å². The molecule has 7 heteroatoms. The minimum atomic E-state index is -0.394. The van der Waals surface area contributed by atoms with Gasteiger partial charge in [0.2, 0.25) is 0 Å². The van der Waals surface area contributed by atoms with Crippen molar-refractivity contribution >= 4 is 12.1 Å². The Kier molecular flexibility index (Phi) is 7.30. The highest BCUT2D eigenvalue weighted by atomic mass is 16.5. The van der Waals surface area contributed by atoms with E-state index < -0.39 is 5.91 Å². The fourth-order valence-corrected chi connectivity index (χ4v) is 2.21. The first kappa shape index (κ1) is 19.1. The number of benzene rings is 2. The van der Waals surface area contributed by atoms with Crippen LogP contribution in [0.25, 0.3) is 0 Å². The Bertz CT molecular complexity index is 761. The number of carbonyl (C=O) groups excluding carboxylic acids is 1. The second-order valence-electron chi connectivity index (χ2n) is 5.04. The highest BCUT2D eigenvalue weighted by Gasteiger charge is 2.08. The van der Waals surface area contributed by atoms with Crippen molar-refractivity contribution in [3.8, 4) is 23.0 Å². The summed E-state index contributed by atoms with van der Waals surface area (Å²) in [7, 11) is 3.09. The molecule has 2 aromatic rings. The van der Waals surface area contributed by atoms with E-state index >= 15 is 0 Å². The maximum Gasteiger partial charge on any atom is 0.277 e. The quantitative estimate of drug-likeness (QED) is 0.551. The molecule has 0 bridgehead atoms. The molecule has 2 aromatic carbocycles. The first-order chi connectivity index (χ1) is 12.7. The van der Waals surface area contributed by atoms with Gasteiger partial charge in [-0.1, -0.05) is 18.2 Å². The number of hydrogen-bond acceptors (Lipinski definition) is 6. The molecule has 1 amide bonds. The van der Waals surface area contributed by atoms with E-state index in [0.29, 0.717) is 35.2 Å². The third-order valence-electron chi connectivity index (χ3n) is 3.33. The Hall–Kier alpha value is -3.22. The van der Waals surface area contributed by atoms with Crippen molar-refractivity contribution in [2.75, 3.05) is 27.4 Å². The van der Waals surface area contributed by atoms with Crippen molar-refractivity contribution in [3.05, 3.63) is 48.0 Å². The highest BCUT2D eigenvalue weighted by molar-refractivity contribution is 5.86. The maximum absolute atomic E-state index is 11.9. The molecule has 0 aliphatic rings. The van der Waals surface area contributed by atoms with Crippen LogP contribution < -0.4 is 24.4 Å². The maximum atomic E-state index is 11.9. The molecule has 0 aromatic heterocycles. The third kappa shape index (κ3) is 5.14. The van der Waals surface area contributed by atoms with E-state index in [9.17, 15) is 4.79 Å². The van der Waals surface area contributed by atoms with Crippen molar-refractivity contribution in [2.24, 2.45) is 5.10 Å². The largest absolute Gasteiger partial charge is 0.493 e. The lowest BCUT2D eigenvalue weighted by Gasteiger charge is -2.11. The van der Waals surface area contributed by atoms with Gasteiger partial charge in [0.05, 0.1) is 27.0 Å². The molecule has 26 heavy (non-hydrogen) atoms. The zero-order valence-corrected chi connectivity index (χ0v) is 15.0. The first-order valence-corrected chi connectivity index (χ1v) is 8.07. The highest BCUT2D eigenvalue weighted by Crippen LogP contribution is 2.29. The first-order valence-electron chi connectivity index (χ1n) is 8.07. The van der Waals surface area contributed by atoms with Gasteiger partial charge in [-0.25, -0.2) is 5.43 Å². The van der Waals surface area contributed by atoms with Gasteiger partial charge in [-0.05, 0) is 31.2 Å². The lowest BCUT2D eigenvalue weighted by molar-refractivity contribution is -0.123. The zero-order chi connectivity index (χ0) is 18.8. The standard InChI is InChI=1S/C19H22N2O5/c1-4-25-15-9-5-6-10-16(15)26-13-18(22)21-20-12-14-8-7-11-17(23-2)19(14)24-3/h5-12H,4,13H2,1-3H3,(H,21,22). The summed E-state index contributed by atoms with van der Waals surface area (Å²) in [6.07, 6.45) is 1.48. The summed E-state index contributed by atoms with van der Waals surface area (Å²) in [5.41, 5.74) is 3.09.